The predicted molar refractivity (Wildman–Crippen MR) is 134 cm³/mol. The fourth-order valence-electron chi connectivity index (χ4n) is 5.41. The molecule has 0 saturated carbocycles. The Hall–Kier alpha value is -3.72. The lowest BCUT2D eigenvalue weighted by Crippen LogP contribution is -2.36. The first-order chi connectivity index (χ1) is 17.9. The molecule has 0 bridgehead atoms. The van der Waals surface area contributed by atoms with Gasteiger partial charge in [-0.05, 0) is 61.2 Å². The van der Waals surface area contributed by atoms with Crippen LogP contribution in [0.1, 0.15) is 42.5 Å². The lowest BCUT2D eigenvalue weighted by atomic mass is 9.93. The Labute approximate surface area is 215 Å². The predicted octanol–water partition coefficient (Wildman–Crippen LogP) is 3.64. The Bertz CT molecular complexity index is 1240. The maximum atomic E-state index is 13.4. The number of carbonyl (C=O) groups excluding carboxylic acids is 2. The fraction of sp³-hybridized carbons (Fsp3) is 0.429. The van der Waals surface area contributed by atoms with Crippen molar-refractivity contribution in [2.45, 2.75) is 44.4 Å². The minimum absolute atomic E-state index is 0.00387. The normalized spacial score (nSPS) is 24.2. The number of Topliss-reactive ketones (excluding diaryl/α,β-unsaturated/α-hetero) is 1. The summed E-state index contributed by atoms with van der Waals surface area (Å²) < 4.78 is 28.1. The van der Waals surface area contributed by atoms with Crippen LogP contribution in [-0.2, 0) is 20.7 Å². The van der Waals surface area contributed by atoms with Crippen molar-refractivity contribution in [3.8, 4) is 23.0 Å². The lowest BCUT2D eigenvalue weighted by molar-refractivity contribution is -0.140. The molecule has 3 aliphatic rings. The summed E-state index contributed by atoms with van der Waals surface area (Å²) in [6.45, 7) is 2.80. The van der Waals surface area contributed by atoms with E-state index in [1.54, 1.807) is 24.3 Å². The van der Waals surface area contributed by atoms with E-state index in [4.69, 9.17) is 23.7 Å². The molecule has 9 heteroatoms. The number of carbonyl (C=O) groups is 2. The summed E-state index contributed by atoms with van der Waals surface area (Å²) >= 11 is 0. The van der Waals surface area contributed by atoms with E-state index in [0.29, 0.717) is 41.4 Å². The number of hydrogen-bond acceptors (Lipinski definition) is 8. The van der Waals surface area contributed by atoms with E-state index in [2.05, 4.69) is 0 Å². The topological polar surface area (TPSA) is 104 Å². The summed E-state index contributed by atoms with van der Waals surface area (Å²) in [6, 6.07) is 7.82. The van der Waals surface area contributed by atoms with Gasteiger partial charge >= 0.3 is 0 Å². The van der Waals surface area contributed by atoms with Crippen molar-refractivity contribution in [3.05, 3.63) is 52.6 Å². The first kappa shape index (κ1) is 25.0. The third-order valence-corrected chi connectivity index (χ3v) is 7.14. The summed E-state index contributed by atoms with van der Waals surface area (Å²) in [6.07, 6.45) is 2.21. The summed E-state index contributed by atoms with van der Waals surface area (Å²) in [7, 11) is 4.50. The quantitative estimate of drug-likeness (QED) is 0.343. The molecule has 196 valence electrons. The SMILES string of the molecule is COc1cc(C2/C(=C(/O)c3ccc4c(c3)CC(C)O4)C(=O)C(=O)N2CC2CCCO2)cc(OC)c1OC. The van der Waals surface area contributed by atoms with Gasteiger partial charge in [-0.25, -0.2) is 0 Å². The number of hydrogen-bond donors (Lipinski definition) is 1. The number of methoxy groups -OCH3 is 3. The molecule has 1 N–H and O–H groups in total. The highest BCUT2D eigenvalue weighted by Crippen LogP contribution is 2.46. The first-order valence-electron chi connectivity index (χ1n) is 12.4. The highest BCUT2D eigenvalue weighted by molar-refractivity contribution is 6.46. The van der Waals surface area contributed by atoms with Gasteiger partial charge in [0.1, 0.15) is 17.6 Å². The number of ketones is 1. The number of benzene rings is 2. The molecule has 1 amide bonds. The highest BCUT2D eigenvalue weighted by Gasteiger charge is 2.47. The second-order valence-corrected chi connectivity index (χ2v) is 9.50. The van der Waals surface area contributed by atoms with Crippen LogP contribution in [0.4, 0.5) is 0 Å². The van der Waals surface area contributed by atoms with Gasteiger partial charge in [0.05, 0.1) is 39.0 Å². The number of aliphatic hydroxyl groups excluding tert-OH is 1. The average Bonchev–Trinajstić information content (AvgIpc) is 3.61. The Morgan fingerprint density at radius 2 is 1.81 bits per heavy atom. The van der Waals surface area contributed by atoms with E-state index in [1.165, 1.54) is 26.2 Å². The van der Waals surface area contributed by atoms with Crippen molar-refractivity contribution in [2.75, 3.05) is 34.5 Å². The van der Waals surface area contributed by atoms with Crippen LogP contribution in [0.5, 0.6) is 23.0 Å². The molecule has 3 aliphatic heterocycles. The number of nitrogens with zero attached hydrogens (tertiary/aromatic N) is 1. The third-order valence-electron chi connectivity index (χ3n) is 7.14. The van der Waals surface area contributed by atoms with E-state index in [1.807, 2.05) is 13.0 Å². The van der Waals surface area contributed by atoms with Gasteiger partial charge in [-0.3, -0.25) is 9.59 Å². The molecular weight excluding hydrogens is 478 g/mol. The van der Waals surface area contributed by atoms with Crippen LogP contribution in [0, 0.1) is 0 Å². The molecule has 3 heterocycles. The Morgan fingerprint density at radius 3 is 2.43 bits per heavy atom. The molecule has 37 heavy (non-hydrogen) atoms. The number of fused-ring (bicyclic) bond motifs is 1. The molecule has 0 radical (unpaired) electrons. The molecular formula is C28H31NO8. The number of amides is 1. The van der Waals surface area contributed by atoms with Crippen molar-refractivity contribution < 1.29 is 38.4 Å². The van der Waals surface area contributed by atoms with E-state index in [-0.39, 0.29) is 30.1 Å². The molecule has 0 spiro atoms. The van der Waals surface area contributed by atoms with Crippen LogP contribution in [0.15, 0.2) is 35.9 Å². The number of likely N-dealkylation sites (tertiary alicyclic amines) is 1. The second-order valence-electron chi connectivity index (χ2n) is 9.50. The lowest BCUT2D eigenvalue weighted by Gasteiger charge is -2.28. The number of rotatable bonds is 7. The zero-order valence-electron chi connectivity index (χ0n) is 21.4. The van der Waals surface area contributed by atoms with Gasteiger partial charge in [-0.1, -0.05) is 0 Å². The molecule has 9 nitrogen and oxygen atoms in total. The number of aliphatic hydroxyl groups is 1. The summed E-state index contributed by atoms with van der Waals surface area (Å²) in [5.41, 5.74) is 1.94. The van der Waals surface area contributed by atoms with Gasteiger partial charge in [-0.15, -0.1) is 0 Å². The van der Waals surface area contributed by atoms with E-state index < -0.39 is 17.7 Å². The van der Waals surface area contributed by atoms with Gasteiger partial charge in [0.15, 0.2) is 11.5 Å². The molecule has 2 aromatic rings. The maximum Gasteiger partial charge on any atom is 0.295 e. The molecule has 2 fully saturated rings. The van der Waals surface area contributed by atoms with Gasteiger partial charge < -0.3 is 33.7 Å². The number of ether oxygens (including phenoxy) is 5. The van der Waals surface area contributed by atoms with E-state index in [0.717, 1.165) is 24.2 Å². The zero-order valence-corrected chi connectivity index (χ0v) is 21.4. The molecule has 2 saturated heterocycles. The van der Waals surface area contributed by atoms with Crippen molar-refractivity contribution in [3.63, 3.8) is 0 Å². The minimum atomic E-state index is -0.874. The van der Waals surface area contributed by atoms with E-state index >= 15 is 0 Å². The molecule has 0 aromatic heterocycles. The van der Waals surface area contributed by atoms with Gasteiger partial charge in [0.25, 0.3) is 11.7 Å². The highest BCUT2D eigenvalue weighted by atomic mass is 16.5. The Morgan fingerprint density at radius 1 is 1.08 bits per heavy atom. The third kappa shape index (κ3) is 4.37. The van der Waals surface area contributed by atoms with Crippen LogP contribution in [0.25, 0.3) is 5.76 Å². The fourth-order valence-corrected chi connectivity index (χ4v) is 5.41. The Kier molecular flexibility index (Phi) is 6.72. The monoisotopic (exact) mass is 509 g/mol. The zero-order chi connectivity index (χ0) is 26.3. The van der Waals surface area contributed by atoms with Gasteiger partial charge in [0, 0.05) is 25.1 Å². The van der Waals surface area contributed by atoms with Crippen LogP contribution in [-0.4, -0.2) is 68.4 Å². The van der Waals surface area contributed by atoms with E-state index in [9.17, 15) is 14.7 Å². The van der Waals surface area contributed by atoms with Crippen LogP contribution < -0.4 is 18.9 Å². The van der Waals surface area contributed by atoms with Crippen molar-refractivity contribution in [2.24, 2.45) is 0 Å². The molecule has 5 rings (SSSR count). The van der Waals surface area contributed by atoms with Crippen LogP contribution in [0.3, 0.4) is 0 Å². The summed E-state index contributed by atoms with van der Waals surface area (Å²) in [5.74, 6) is 0.218. The average molecular weight is 510 g/mol. The summed E-state index contributed by atoms with van der Waals surface area (Å²) in [4.78, 5) is 28.3. The van der Waals surface area contributed by atoms with Crippen LogP contribution >= 0.6 is 0 Å². The smallest absolute Gasteiger partial charge is 0.295 e. The van der Waals surface area contributed by atoms with Crippen LogP contribution in [0.2, 0.25) is 0 Å². The standard InChI is InChI=1S/C28H31NO8/c1-15-10-17-11-16(7-8-20(17)37-15)25(30)23-24(18-12-21(33-2)27(35-4)22(13-18)34-3)29(28(32)26(23)31)14-19-6-5-9-36-19/h7-8,11-13,15,19,24,30H,5-6,9-10,14H2,1-4H3/b25-23-. The molecule has 3 unspecified atom stereocenters. The second kappa shape index (κ2) is 9.97. The minimum Gasteiger partial charge on any atom is -0.507 e. The maximum absolute atomic E-state index is 13.4. The molecule has 0 aliphatic carbocycles. The molecule has 3 atom stereocenters. The van der Waals surface area contributed by atoms with Gasteiger partial charge in [-0.2, -0.15) is 0 Å². The van der Waals surface area contributed by atoms with Gasteiger partial charge in [0.2, 0.25) is 5.75 Å². The van der Waals surface area contributed by atoms with Crippen molar-refractivity contribution in [1.82, 2.24) is 4.90 Å². The largest absolute Gasteiger partial charge is 0.507 e. The first-order valence-corrected chi connectivity index (χ1v) is 12.4. The van der Waals surface area contributed by atoms with Crippen molar-refractivity contribution in [1.29, 1.82) is 0 Å². The molecule has 2 aromatic carbocycles. The summed E-state index contributed by atoms with van der Waals surface area (Å²) in [5, 5.41) is 11.5. The van der Waals surface area contributed by atoms with Crippen molar-refractivity contribution >= 4 is 17.4 Å². The Balaban J connectivity index is 1.66.